The second-order valence-corrected chi connectivity index (χ2v) is 17.6. The zero-order chi connectivity index (χ0) is 43.0. The van der Waals surface area contributed by atoms with Gasteiger partial charge in [-0.15, -0.1) is 21.5 Å². The van der Waals surface area contributed by atoms with Gasteiger partial charge in [0.15, 0.2) is 5.82 Å². The number of nitrogens with one attached hydrogen (secondary N) is 2. The molecule has 0 aliphatic carbocycles. The highest BCUT2D eigenvalue weighted by atomic mass is 32.1. The molecule has 3 aromatic heterocycles. The maximum absolute atomic E-state index is 14.2. The van der Waals surface area contributed by atoms with E-state index in [2.05, 4.69) is 35.8 Å². The molecule has 3 amide bonds. The van der Waals surface area contributed by atoms with Gasteiger partial charge in [-0.2, -0.15) is 5.10 Å². The van der Waals surface area contributed by atoms with E-state index in [0.717, 1.165) is 32.9 Å². The second-order valence-electron chi connectivity index (χ2n) is 16.7. The van der Waals surface area contributed by atoms with Crippen molar-refractivity contribution in [2.45, 2.75) is 64.9 Å². The summed E-state index contributed by atoms with van der Waals surface area (Å²) >= 11 is 1.58. The van der Waals surface area contributed by atoms with Crippen LogP contribution in [0.2, 0.25) is 0 Å². The average Bonchev–Trinajstić information content (AvgIpc) is 3.99. The molecule has 16 heteroatoms. The topological polar surface area (TPSA) is 205 Å². The van der Waals surface area contributed by atoms with E-state index >= 15 is 0 Å². The van der Waals surface area contributed by atoms with Crippen molar-refractivity contribution in [2.24, 2.45) is 5.41 Å². The normalized spacial score (nSPS) is 17.2. The van der Waals surface area contributed by atoms with Crippen molar-refractivity contribution in [1.29, 1.82) is 0 Å². The Bertz CT molecular complexity index is 2560. The molecule has 0 radical (unpaired) electrons. The molecule has 2 aliphatic heterocycles. The zero-order valence-electron chi connectivity index (χ0n) is 34.3. The van der Waals surface area contributed by atoms with Crippen LogP contribution >= 0.6 is 11.3 Å². The fraction of sp³-hybridized carbons (Fsp3) is 0.311. The van der Waals surface area contributed by atoms with Crippen LogP contribution in [0.1, 0.15) is 54.8 Å². The minimum absolute atomic E-state index is 0.0107. The first-order valence-electron chi connectivity index (χ1n) is 20.1. The van der Waals surface area contributed by atoms with Crippen LogP contribution in [0.5, 0.6) is 5.75 Å². The number of aryl methyl sites for hydroxylation is 1. The van der Waals surface area contributed by atoms with Crippen molar-refractivity contribution in [3.63, 3.8) is 0 Å². The fourth-order valence-electron chi connectivity index (χ4n) is 7.78. The molecule has 6 N–H and O–H groups in total. The quantitative estimate of drug-likeness (QED) is 0.115. The van der Waals surface area contributed by atoms with Crippen molar-refractivity contribution in [3.8, 4) is 38.6 Å². The Morgan fingerprint density at radius 2 is 1.69 bits per heavy atom. The van der Waals surface area contributed by atoms with Gasteiger partial charge in [0.2, 0.25) is 11.8 Å². The fourth-order valence-corrected chi connectivity index (χ4v) is 8.59. The molecule has 2 saturated heterocycles. The minimum Gasteiger partial charge on any atom is -0.507 e. The average molecular weight is 841 g/mol. The Hall–Kier alpha value is -6.65. The van der Waals surface area contributed by atoms with E-state index in [9.17, 15) is 24.6 Å². The largest absolute Gasteiger partial charge is 0.507 e. The van der Waals surface area contributed by atoms with Crippen LogP contribution in [-0.2, 0) is 16.1 Å². The third-order valence-corrected chi connectivity index (χ3v) is 12.3. The van der Waals surface area contributed by atoms with Crippen LogP contribution in [0.25, 0.3) is 32.8 Å². The van der Waals surface area contributed by atoms with Gasteiger partial charge in [0.05, 0.1) is 40.1 Å². The number of aromatic nitrogens is 5. The highest BCUT2D eigenvalue weighted by Gasteiger charge is 2.44. The molecule has 6 aromatic rings. The van der Waals surface area contributed by atoms with Crippen molar-refractivity contribution < 1.29 is 24.6 Å². The highest BCUT2D eigenvalue weighted by Crippen LogP contribution is 2.34. The number of phenols is 1. The van der Waals surface area contributed by atoms with Gasteiger partial charge in [-0.05, 0) is 65.9 Å². The summed E-state index contributed by atoms with van der Waals surface area (Å²) in [4.78, 5) is 50.4. The van der Waals surface area contributed by atoms with Crippen LogP contribution in [0.3, 0.4) is 0 Å². The molecule has 5 heterocycles. The number of rotatable bonds is 11. The number of carbonyl (C=O) groups excluding carboxylic acids is 3. The zero-order valence-corrected chi connectivity index (χ0v) is 35.1. The van der Waals surface area contributed by atoms with E-state index in [-0.39, 0.29) is 43.0 Å². The number of nitrogens with two attached hydrogens (primary N) is 1. The Balaban J connectivity index is 0.870. The molecule has 0 saturated carbocycles. The molecule has 0 spiro atoms. The molecule has 61 heavy (non-hydrogen) atoms. The number of para-hydroxylation sites is 1. The van der Waals surface area contributed by atoms with Gasteiger partial charge in [0.1, 0.15) is 17.8 Å². The summed E-state index contributed by atoms with van der Waals surface area (Å²) < 4.78 is 1.90. The maximum atomic E-state index is 14.2. The van der Waals surface area contributed by atoms with Gasteiger partial charge in [0, 0.05) is 66.7 Å². The van der Waals surface area contributed by atoms with Crippen LogP contribution in [0.15, 0.2) is 96.8 Å². The first kappa shape index (κ1) is 41.1. The van der Waals surface area contributed by atoms with Crippen molar-refractivity contribution >= 4 is 40.6 Å². The number of phenolic OH excluding ortho intramolecular Hbond substituents is 1. The Morgan fingerprint density at radius 3 is 2.38 bits per heavy atom. The predicted molar refractivity (Wildman–Crippen MR) is 233 cm³/mol. The van der Waals surface area contributed by atoms with Gasteiger partial charge in [-0.3, -0.25) is 19.1 Å². The number of aromatic hydroxyl groups is 1. The monoisotopic (exact) mass is 840 g/mol. The standard InChI is InChI=1S/C45H48N10O5S/c1-26-39(61-25-48-26)28-11-9-27(10-12-28)19-47-43(59)37-17-33(56)24-54(37)44(60)40(45(2,3)4)50-42(58)29-13-15-31(16-14-29)53-22-32(23-53)55-21-30(20-49-55)35-18-36(51-52-41(35)46)34-7-5-6-8-38(34)57/h5-16,18,20-21,25,32-33,37,40,56-57H,17,19,22-24H2,1-4H3,(H2,46,52)(H,47,59)(H,50,58)/t33-,37+,40-/m1/s1. The number of hydrogen-bond acceptors (Lipinski definition) is 12. The number of carbonyl (C=O) groups is 3. The number of anilines is 2. The molecule has 8 rings (SSSR count). The number of β-amino-alcohol motifs (C(OH)–C–C–N with tert-alkyl or cyclic N) is 1. The third-order valence-electron chi connectivity index (χ3n) is 11.3. The Morgan fingerprint density at radius 1 is 0.951 bits per heavy atom. The third kappa shape index (κ3) is 8.67. The summed E-state index contributed by atoms with van der Waals surface area (Å²) in [5, 5.41) is 39.7. The molecule has 3 atom stereocenters. The number of likely N-dealkylation sites (tertiary alicyclic amines) is 1. The van der Waals surface area contributed by atoms with E-state index in [0.29, 0.717) is 35.5 Å². The number of nitrogens with zero attached hydrogens (tertiary/aromatic N) is 7. The molecule has 314 valence electrons. The first-order valence-corrected chi connectivity index (χ1v) is 21.0. The lowest BCUT2D eigenvalue weighted by Gasteiger charge is -2.41. The van der Waals surface area contributed by atoms with E-state index in [1.807, 2.05) is 86.5 Å². The Kier molecular flexibility index (Phi) is 11.3. The van der Waals surface area contributed by atoms with Gasteiger partial charge < -0.3 is 36.4 Å². The molecule has 0 bridgehead atoms. The van der Waals surface area contributed by atoms with E-state index < -0.39 is 35.4 Å². The van der Waals surface area contributed by atoms with Gasteiger partial charge in [-0.1, -0.05) is 57.2 Å². The van der Waals surface area contributed by atoms with Crippen LogP contribution in [0, 0.1) is 12.3 Å². The summed E-state index contributed by atoms with van der Waals surface area (Å²) in [7, 11) is 0. The van der Waals surface area contributed by atoms with Crippen molar-refractivity contribution in [2.75, 3.05) is 30.3 Å². The molecule has 2 fully saturated rings. The summed E-state index contributed by atoms with van der Waals surface area (Å²) in [6.45, 7) is 9.18. The summed E-state index contributed by atoms with van der Waals surface area (Å²) in [6, 6.07) is 22.1. The number of thiazole rings is 1. The minimum atomic E-state index is -0.964. The summed E-state index contributed by atoms with van der Waals surface area (Å²) in [5.74, 6) is -0.847. The summed E-state index contributed by atoms with van der Waals surface area (Å²) in [6.07, 6.45) is 2.89. The van der Waals surface area contributed by atoms with Crippen LogP contribution in [-0.4, -0.2) is 95.6 Å². The van der Waals surface area contributed by atoms with E-state index in [1.165, 1.54) is 4.90 Å². The molecule has 3 aromatic carbocycles. The SMILES string of the molecule is Cc1ncsc1-c1ccc(CNC(=O)[C@@H]2C[C@@H](O)CN2C(=O)[C@@H](NC(=O)c2ccc(N3CC(n4cc(-c5cc(-c6ccccc6O)nnc5N)cn4)C3)cc2)C(C)(C)C)cc1. The molecule has 15 nitrogen and oxygen atoms in total. The molecular weight excluding hydrogens is 793 g/mol. The van der Waals surface area contributed by atoms with E-state index in [4.69, 9.17) is 5.73 Å². The first-order chi connectivity index (χ1) is 29.2. The van der Waals surface area contributed by atoms with Gasteiger partial charge in [0.25, 0.3) is 5.91 Å². The van der Waals surface area contributed by atoms with E-state index in [1.54, 1.807) is 53.9 Å². The number of benzene rings is 3. The second kappa shape index (κ2) is 16.8. The molecule has 0 unspecified atom stereocenters. The van der Waals surface area contributed by atoms with Gasteiger partial charge in [-0.25, -0.2) is 4.98 Å². The number of hydrogen-bond donors (Lipinski definition) is 5. The summed E-state index contributed by atoms with van der Waals surface area (Å²) in [5.41, 5.74) is 14.1. The smallest absolute Gasteiger partial charge is 0.251 e. The highest BCUT2D eigenvalue weighted by molar-refractivity contribution is 7.13. The lowest BCUT2D eigenvalue weighted by Crippen LogP contribution is -2.57. The molecule has 2 aliphatic rings. The van der Waals surface area contributed by atoms with Gasteiger partial charge >= 0.3 is 0 Å². The molecular formula is C45H48N10O5S. The van der Waals surface area contributed by atoms with Crippen molar-refractivity contribution in [1.82, 2.24) is 40.5 Å². The van der Waals surface area contributed by atoms with Crippen molar-refractivity contribution in [3.05, 3.63) is 114 Å². The predicted octanol–water partition coefficient (Wildman–Crippen LogP) is 5.21. The number of aliphatic hydroxyl groups excluding tert-OH is 1. The lowest BCUT2D eigenvalue weighted by molar-refractivity contribution is -0.142. The lowest BCUT2D eigenvalue weighted by atomic mass is 9.85. The van der Waals surface area contributed by atoms with Crippen LogP contribution < -0.4 is 21.3 Å². The number of nitrogen functional groups attached to an aromatic ring is 1. The number of amides is 3. The number of aliphatic hydroxyl groups is 1. The van der Waals surface area contributed by atoms with Crippen LogP contribution in [0.4, 0.5) is 11.5 Å². The Labute approximate surface area is 357 Å². The maximum Gasteiger partial charge on any atom is 0.251 e.